The second-order valence-corrected chi connectivity index (χ2v) is 7.35. The zero-order valence-corrected chi connectivity index (χ0v) is 14.6. The van der Waals surface area contributed by atoms with Crippen molar-refractivity contribution in [2.24, 2.45) is 16.8 Å². The summed E-state index contributed by atoms with van der Waals surface area (Å²) in [5.41, 5.74) is 0.916. The Morgan fingerprint density at radius 2 is 2.04 bits per heavy atom. The number of nitrogens with one attached hydrogen (secondary N) is 1. The lowest BCUT2D eigenvalue weighted by molar-refractivity contribution is 0.0767. The van der Waals surface area contributed by atoms with Gasteiger partial charge in [-0.2, -0.15) is 0 Å². The second kappa shape index (κ2) is 6.52. The van der Waals surface area contributed by atoms with E-state index in [0.717, 1.165) is 31.2 Å². The summed E-state index contributed by atoms with van der Waals surface area (Å²) in [6, 6.07) is 4.78. The Labute approximate surface area is 147 Å². The number of halogens is 2. The Balaban J connectivity index is 1.47. The first-order valence-corrected chi connectivity index (χ1v) is 9.16. The van der Waals surface area contributed by atoms with Gasteiger partial charge in [0, 0.05) is 31.5 Å². The fourth-order valence-electron chi connectivity index (χ4n) is 4.36. The van der Waals surface area contributed by atoms with Gasteiger partial charge in [0.05, 0.1) is 23.8 Å². The smallest absolute Gasteiger partial charge is 0.194 e. The van der Waals surface area contributed by atoms with Crippen molar-refractivity contribution >= 4 is 17.6 Å². The number of rotatable bonds is 3. The van der Waals surface area contributed by atoms with Crippen LogP contribution in [0.5, 0.6) is 0 Å². The Morgan fingerprint density at radius 3 is 2.67 bits per heavy atom. The largest absolute Gasteiger partial charge is 0.374 e. The van der Waals surface area contributed by atoms with Gasteiger partial charge in [-0.25, -0.2) is 9.38 Å². The van der Waals surface area contributed by atoms with Gasteiger partial charge < -0.3 is 15.0 Å². The highest BCUT2D eigenvalue weighted by molar-refractivity contribution is 6.30. The molecule has 0 amide bonds. The zero-order chi connectivity index (χ0) is 16.7. The number of hydrogen-bond acceptors (Lipinski definition) is 2. The number of ether oxygens (including phenoxy) is 1. The highest BCUT2D eigenvalue weighted by atomic mass is 35.5. The lowest BCUT2D eigenvalue weighted by Gasteiger charge is -2.23. The Kier molecular flexibility index (Phi) is 4.39. The van der Waals surface area contributed by atoms with E-state index < -0.39 is 0 Å². The van der Waals surface area contributed by atoms with E-state index in [9.17, 15) is 4.39 Å². The Hall–Kier alpha value is -1.33. The molecule has 130 valence electrons. The molecule has 3 fully saturated rings. The Bertz CT molecular complexity index is 635. The molecular formula is C18H23ClFN3O. The van der Waals surface area contributed by atoms with Crippen LogP contribution in [0.2, 0.25) is 5.02 Å². The third kappa shape index (κ3) is 2.88. The monoisotopic (exact) mass is 351 g/mol. The molecule has 4 unspecified atom stereocenters. The molecule has 4 atom stereocenters. The second-order valence-electron chi connectivity index (χ2n) is 6.94. The fourth-order valence-corrected chi connectivity index (χ4v) is 4.57. The number of likely N-dealkylation sites (tertiary alicyclic amines) is 1. The standard InChI is InChI=1S/C18H23ClFN3O/c1-2-21-18(22-8-11-3-4-15(20)14(19)7-11)23-9-12-13(10-23)17-6-5-16(12)24-17/h3-4,7,12-13,16-17H,2,5-6,8-10H2,1H3,(H,21,22). The molecule has 3 aliphatic rings. The minimum Gasteiger partial charge on any atom is -0.374 e. The first-order chi connectivity index (χ1) is 11.7. The van der Waals surface area contributed by atoms with Crippen LogP contribution in [0.4, 0.5) is 4.39 Å². The van der Waals surface area contributed by atoms with Crippen LogP contribution < -0.4 is 5.32 Å². The summed E-state index contributed by atoms with van der Waals surface area (Å²) >= 11 is 5.86. The lowest BCUT2D eigenvalue weighted by atomic mass is 9.82. The van der Waals surface area contributed by atoms with E-state index in [1.807, 2.05) is 0 Å². The molecule has 4 rings (SSSR count). The molecule has 4 nitrogen and oxygen atoms in total. The maximum atomic E-state index is 13.3. The van der Waals surface area contributed by atoms with Crippen LogP contribution in [0.3, 0.4) is 0 Å². The fraction of sp³-hybridized carbons (Fsp3) is 0.611. The topological polar surface area (TPSA) is 36.9 Å². The van der Waals surface area contributed by atoms with Crippen LogP contribution in [-0.2, 0) is 11.3 Å². The molecule has 1 N–H and O–H groups in total. The summed E-state index contributed by atoms with van der Waals surface area (Å²) in [7, 11) is 0. The summed E-state index contributed by atoms with van der Waals surface area (Å²) in [5.74, 6) is 1.84. The van der Waals surface area contributed by atoms with Crippen molar-refractivity contribution in [1.82, 2.24) is 10.2 Å². The summed E-state index contributed by atoms with van der Waals surface area (Å²) < 4.78 is 19.3. The van der Waals surface area contributed by atoms with Gasteiger partial charge in [0.2, 0.25) is 0 Å². The maximum absolute atomic E-state index is 13.3. The molecule has 0 spiro atoms. The predicted molar refractivity (Wildman–Crippen MR) is 92.7 cm³/mol. The van der Waals surface area contributed by atoms with Gasteiger partial charge in [-0.1, -0.05) is 17.7 Å². The van der Waals surface area contributed by atoms with E-state index in [1.54, 1.807) is 12.1 Å². The first-order valence-electron chi connectivity index (χ1n) is 8.78. The van der Waals surface area contributed by atoms with E-state index >= 15 is 0 Å². The van der Waals surface area contributed by atoms with E-state index in [2.05, 4.69) is 17.1 Å². The van der Waals surface area contributed by atoms with Crippen LogP contribution >= 0.6 is 11.6 Å². The molecule has 3 aliphatic heterocycles. The van der Waals surface area contributed by atoms with Crippen molar-refractivity contribution < 1.29 is 9.13 Å². The molecule has 1 aromatic rings. The molecule has 2 bridgehead atoms. The molecule has 3 heterocycles. The van der Waals surface area contributed by atoms with Crippen molar-refractivity contribution in [3.8, 4) is 0 Å². The third-order valence-electron chi connectivity index (χ3n) is 5.48. The van der Waals surface area contributed by atoms with E-state index in [1.165, 1.54) is 18.9 Å². The number of hydrogen-bond donors (Lipinski definition) is 1. The summed E-state index contributed by atoms with van der Waals surface area (Å²) in [6.45, 7) is 5.44. The average molecular weight is 352 g/mol. The molecule has 1 aromatic carbocycles. The third-order valence-corrected chi connectivity index (χ3v) is 5.77. The minimum atomic E-state index is -0.390. The normalized spacial score (nSPS) is 31.6. The van der Waals surface area contributed by atoms with Crippen LogP contribution in [0.25, 0.3) is 0 Å². The number of guanidine groups is 1. The number of fused-ring (bicyclic) bond motifs is 5. The molecule has 24 heavy (non-hydrogen) atoms. The van der Waals surface area contributed by atoms with E-state index in [4.69, 9.17) is 21.3 Å². The van der Waals surface area contributed by atoms with Crippen LogP contribution in [0, 0.1) is 17.7 Å². The van der Waals surface area contributed by atoms with Gasteiger partial charge in [0.15, 0.2) is 5.96 Å². The molecule has 0 aliphatic carbocycles. The highest BCUT2D eigenvalue weighted by Gasteiger charge is 2.53. The lowest BCUT2D eigenvalue weighted by Crippen LogP contribution is -2.41. The number of aliphatic imine (C=N–C) groups is 1. The minimum absolute atomic E-state index is 0.150. The highest BCUT2D eigenvalue weighted by Crippen LogP contribution is 2.47. The van der Waals surface area contributed by atoms with Crippen molar-refractivity contribution in [2.75, 3.05) is 19.6 Å². The summed E-state index contributed by atoms with van der Waals surface area (Å²) in [6.07, 6.45) is 3.32. The SMILES string of the molecule is CCNC(=NCc1ccc(F)c(Cl)c1)N1CC2C3CCC(O3)C2C1. The molecule has 0 saturated carbocycles. The van der Waals surface area contributed by atoms with Gasteiger partial charge in [-0.3, -0.25) is 0 Å². The van der Waals surface area contributed by atoms with E-state index in [0.29, 0.717) is 30.6 Å². The van der Waals surface area contributed by atoms with Crippen LogP contribution in [0.1, 0.15) is 25.3 Å². The molecule has 0 aromatic heterocycles. The molecular weight excluding hydrogens is 329 g/mol. The molecule has 3 saturated heterocycles. The van der Waals surface area contributed by atoms with Crippen molar-refractivity contribution in [3.63, 3.8) is 0 Å². The quantitative estimate of drug-likeness (QED) is 0.671. The summed E-state index contributed by atoms with van der Waals surface area (Å²) in [5, 5.41) is 3.54. The van der Waals surface area contributed by atoms with Gasteiger partial charge in [-0.15, -0.1) is 0 Å². The van der Waals surface area contributed by atoms with Gasteiger partial charge >= 0.3 is 0 Å². The molecule has 6 heteroatoms. The van der Waals surface area contributed by atoms with Crippen LogP contribution in [-0.4, -0.2) is 42.7 Å². The number of nitrogens with zero attached hydrogens (tertiary/aromatic N) is 2. The van der Waals surface area contributed by atoms with Gasteiger partial charge in [0.25, 0.3) is 0 Å². The van der Waals surface area contributed by atoms with Crippen LogP contribution in [0.15, 0.2) is 23.2 Å². The predicted octanol–water partition coefficient (Wildman–Crippen LogP) is 3.05. The molecule has 0 radical (unpaired) electrons. The van der Waals surface area contributed by atoms with Gasteiger partial charge in [0.1, 0.15) is 5.82 Å². The maximum Gasteiger partial charge on any atom is 0.194 e. The van der Waals surface area contributed by atoms with E-state index in [-0.39, 0.29) is 10.8 Å². The first kappa shape index (κ1) is 16.2. The summed E-state index contributed by atoms with van der Waals surface area (Å²) in [4.78, 5) is 7.10. The Morgan fingerprint density at radius 1 is 1.33 bits per heavy atom. The van der Waals surface area contributed by atoms with Crippen molar-refractivity contribution in [3.05, 3.63) is 34.6 Å². The average Bonchev–Trinajstić information content (AvgIpc) is 3.27. The van der Waals surface area contributed by atoms with Crippen molar-refractivity contribution in [2.45, 2.75) is 38.5 Å². The van der Waals surface area contributed by atoms with Gasteiger partial charge in [-0.05, 0) is 37.5 Å². The number of benzene rings is 1. The van der Waals surface area contributed by atoms with Crippen molar-refractivity contribution in [1.29, 1.82) is 0 Å². The zero-order valence-electron chi connectivity index (χ0n) is 13.8.